The third-order valence-corrected chi connectivity index (χ3v) is 5.40. The summed E-state index contributed by atoms with van der Waals surface area (Å²) in [7, 11) is 0. The first-order valence-electron chi connectivity index (χ1n) is 10.7. The average Bonchev–Trinajstić information content (AvgIpc) is 3.12. The topological polar surface area (TPSA) is 87.9 Å². The van der Waals surface area contributed by atoms with E-state index in [-0.39, 0.29) is 12.1 Å². The van der Waals surface area contributed by atoms with Gasteiger partial charge in [-0.25, -0.2) is 14.6 Å². The van der Waals surface area contributed by atoms with Gasteiger partial charge in [0.05, 0.1) is 30.1 Å². The quantitative estimate of drug-likeness (QED) is 0.551. The molecule has 0 atom stereocenters. The maximum Gasteiger partial charge on any atom is 0.223 e. The highest BCUT2D eigenvalue weighted by atomic mass is 16.3. The fraction of sp³-hybridized carbons (Fsp3) is 0.435. The fourth-order valence-electron chi connectivity index (χ4n) is 3.86. The van der Waals surface area contributed by atoms with Crippen LogP contribution < -0.4 is 10.6 Å². The first kappa shape index (κ1) is 20.3. The third-order valence-electron chi connectivity index (χ3n) is 5.40. The number of aliphatic hydroxyl groups is 1. The second kappa shape index (κ2) is 9.26. The summed E-state index contributed by atoms with van der Waals surface area (Å²) >= 11 is 0. The molecule has 3 N–H and O–H groups in total. The lowest BCUT2D eigenvalue weighted by atomic mass is 9.93. The van der Waals surface area contributed by atoms with Crippen molar-refractivity contribution in [2.45, 2.75) is 64.3 Å². The highest BCUT2D eigenvalue weighted by Crippen LogP contribution is 2.29. The minimum atomic E-state index is -0.171. The summed E-state index contributed by atoms with van der Waals surface area (Å²) in [6.45, 7) is 4.93. The Bertz CT molecular complexity index is 947. The SMILES string of the molecule is CC(C)Nc1c(-c2ccnc(N[C@H]3CC[C@H](O)CC3)n2)cnn1Cc1ccccc1. The van der Waals surface area contributed by atoms with Crippen molar-refractivity contribution in [1.29, 1.82) is 0 Å². The van der Waals surface area contributed by atoms with Gasteiger partial charge in [-0.3, -0.25) is 0 Å². The Kier molecular flexibility index (Phi) is 6.28. The molecule has 0 spiro atoms. The van der Waals surface area contributed by atoms with Crippen LogP contribution in [0, 0.1) is 0 Å². The second-order valence-corrected chi connectivity index (χ2v) is 8.26. The van der Waals surface area contributed by atoms with Gasteiger partial charge >= 0.3 is 0 Å². The highest BCUT2D eigenvalue weighted by Gasteiger charge is 2.21. The highest BCUT2D eigenvalue weighted by molar-refractivity contribution is 5.73. The van der Waals surface area contributed by atoms with Crippen LogP contribution in [0.25, 0.3) is 11.3 Å². The Labute approximate surface area is 177 Å². The molecule has 0 unspecified atom stereocenters. The zero-order chi connectivity index (χ0) is 20.9. The lowest BCUT2D eigenvalue weighted by Crippen LogP contribution is -2.28. The summed E-state index contributed by atoms with van der Waals surface area (Å²) in [6, 6.07) is 12.8. The molecule has 0 amide bonds. The Morgan fingerprint density at radius 2 is 1.87 bits per heavy atom. The average molecular weight is 407 g/mol. The first-order valence-corrected chi connectivity index (χ1v) is 10.7. The van der Waals surface area contributed by atoms with Crippen LogP contribution >= 0.6 is 0 Å². The number of aliphatic hydroxyl groups excluding tert-OH is 1. The summed E-state index contributed by atoms with van der Waals surface area (Å²) in [5, 5.41) is 21.3. The molecule has 1 fully saturated rings. The summed E-state index contributed by atoms with van der Waals surface area (Å²) in [5.74, 6) is 1.58. The maximum atomic E-state index is 9.72. The molecular weight excluding hydrogens is 376 g/mol. The molecule has 3 aromatic rings. The molecule has 7 heteroatoms. The number of anilines is 2. The minimum Gasteiger partial charge on any atom is -0.393 e. The number of nitrogens with zero attached hydrogens (tertiary/aromatic N) is 4. The van der Waals surface area contributed by atoms with Crippen molar-refractivity contribution in [2.24, 2.45) is 0 Å². The Morgan fingerprint density at radius 3 is 2.60 bits per heavy atom. The molecule has 0 aliphatic heterocycles. The van der Waals surface area contributed by atoms with E-state index in [2.05, 4.69) is 46.7 Å². The number of hydrogen-bond acceptors (Lipinski definition) is 6. The largest absolute Gasteiger partial charge is 0.393 e. The number of aromatic nitrogens is 4. The standard InChI is InChI=1S/C23H30N6O/c1-16(2)26-22-20(14-25-29(22)15-17-6-4-3-5-7-17)21-12-13-24-23(28-21)27-18-8-10-19(30)11-9-18/h3-7,12-14,16,18-19,26,30H,8-11,15H2,1-2H3,(H,24,27,28)/t18-,19-. The molecular formula is C23H30N6O. The fourth-order valence-corrected chi connectivity index (χ4v) is 3.86. The molecule has 1 aromatic carbocycles. The molecule has 2 heterocycles. The van der Waals surface area contributed by atoms with E-state index >= 15 is 0 Å². The van der Waals surface area contributed by atoms with E-state index < -0.39 is 0 Å². The van der Waals surface area contributed by atoms with Gasteiger partial charge in [-0.1, -0.05) is 30.3 Å². The van der Waals surface area contributed by atoms with Crippen LogP contribution in [0.4, 0.5) is 11.8 Å². The number of nitrogens with one attached hydrogen (secondary N) is 2. The van der Waals surface area contributed by atoms with Gasteiger partial charge in [-0.2, -0.15) is 5.10 Å². The van der Waals surface area contributed by atoms with Crippen LogP contribution in [0.5, 0.6) is 0 Å². The van der Waals surface area contributed by atoms with Crippen molar-refractivity contribution in [1.82, 2.24) is 19.7 Å². The number of rotatable bonds is 7. The molecule has 1 saturated carbocycles. The molecule has 0 saturated heterocycles. The molecule has 2 aromatic heterocycles. The molecule has 0 radical (unpaired) electrons. The van der Waals surface area contributed by atoms with Gasteiger partial charge in [-0.15, -0.1) is 0 Å². The van der Waals surface area contributed by atoms with Gasteiger partial charge in [0.1, 0.15) is 5.82 Å². The van der Waals surface area contributed by atoms with E-state index in [1.165, 1.54) is 5.56 Å². The van der Waals surface area contributed by atoms with E-state index in [0.29, 0.717) is 18.5 Å². The van der Waals surface area contributed by atoms with E-state index in [4.69, 9.17) is 4.98 Å². The monoisotopic (exact) mass is 406 g/mol. The smallest absolute Gasteiger partial charge is 0.223 e. The summed E-state index contributed by atoms with van der Waals surface area (Å²) in [6.07, 6.45) is 7.01. The van der Waals surface area contributed by atoms with Crippen molar-refractivity contribution in [3.8, 4) is 11.3 Å². The zero-order valence-electron chi connectivity index (χ0n) is 17.6. The molecule has 0 bridgehead atoms. The molecule has 1 aliphatic carbocycles. The molecule has 7 nitrogen and oxygen atoms in total. The van der Waals surface area contributed by atoms with Gasteiger partial charge in [0.25, 0.3) is 0 Å². The van der Waals surface area contributed by atoms with E-state index in [1.54, 1.807) is 6.20 Å². The van der Waals surface area contributed by atoms with Gasteiger partial charge in [0.15, 0.2) is 0 Å². The molecule has 1 aliphatic rings. The van der Waals surface area contributed by atoms with Crippen molar-refractivity contribution in [3.63, 3.8) is 0 Å². The van der Waals surface area contributed by atoms with E-state index in [1.807, 2.05) is 35.1 Å². The normalized spacial score (nSPS) is 19.1. The predicted molar refractivity (Wildman–Crippen MR) is 119 cm³/mol. The Morgan fingerprint density at radius 1 is 1.10 bits per heavy atom. The van der Waals surface area contributed by atoms with Gasteiger partial charge in [-0.05, 0) is 51.2 Å². The lowest BCUT2D eigenvalue weighted by molar-refractivity contribution is 0.126. The van der Waals surface area contributed by atoms with Crippen LogP contribution in [0.2, 0.25) is 0 Å². The van der Waals surface area contributed by atoms with Crippen LogP contribution in [-0.4, -0.2) is 43.0 Å². The lowest BCUT2D eigenvalue weighted by Gasteiger charge is -2.26. The van der Waals surface area contributed by atoms with Gasteiger partial charge in [0.2, 0.25) is 5.95 Å². The van der Waals surface area contributed by atoms with E-state index in [9.17, 15) is 5.11 Å². The van der Waals surface area contributed by atoms with Gasteiger partial charge < -0.3 is 15.7 Å². The van der Waals surface area contributed by atoms with Crippen molar-refractivity contribution in [2.75, 3.05) is 10.6 Å². The number of hydrogen-bond donors (Lipinski definition) is 3. The van der Waals surface area contributed by atoms with Crippen molar-refractivity contribution in [3.05, 3.63) is 54.4 Å². The zero-order valence-corrected chi connectivity index (χ0v) is 17.6. The number of benzene rings is 1. The Hall–Kier alpha value is -2.93. The summed E-state index contributed by atoms with van der Waals surface area (Å²) in [4.78, 5) is 9.18. The van der Waals surface area contributed by atoms with Crippen LogP contribution in [-0.2, 0) is 6.54 Å². The predicted octanol–water partition coefficient (Wildman–Crippen LogP) is 3.92. The molecule has 158 valence electrons. The maximum absolute atomic E-state index is 9.72. The summed E-state index contributed by atoms with van der Waals surface area (Å²) < 4.78 is 1.99. The second-order valence-electron chi connectivity index (χ2n) is 8.26. The van der Waals surface area contributed by atoms with Gasteiger partial charge in [0, 0.05) is 18.3 Å². The van der Waals surface area contributed by atoms with Crippen molar-refractivity contribution >= 4 is 11.8 Å². The van der Waals surface area contributed by atoms with E-state index in [0.717, 1.165) is 42.8 Å². The molecule has 4 rings (SSSR count). The molecule has 30 heavy (non-hydrogen) atoms. The first-order chi connectivity index (χ1) is 14.6. The summed E-state index contributed by atoms with van der Waals surface area (Å²) in [5.41, 5.74) is 3.00. The van der Waals surface area contributed by atoms with Crippen LogP contribution in [0.1, 0.15) is 45.1 Å². The Balaban J connectivity index is 1.58. The van der Waals surface area contributed by atoms with Crippen LogP contribution in [0.15, 0.2) is 48.8 Å². The minimum absolute atomic E-state index is 0.171. The van der Waals surface area contributed by atoms with Crippen molar-refractivity contribution < 1.29 is 5.11 Å². The van der Waals surface area contributed by atoms with Crippen LogP contribution in [0.3, 0.4) is 0 Å². The third kappa shape index (κ3) is 4.97.